The average Bonchev–Trinajstić information content (AvgIpc) is 2.21. The lowest BCUT2D eigenvalue weighted by Gasteiger charge is -2.19. The average molecular weight is 259 g/mol. The van der Waals surface area contributed by atoms with Crippen molar-refractivity contribution in [3.8, 4) is 6.07 Å². The molecule has 0 aliphatic heterocycles. The molecule has 0 radical (unpaired) electrons. The zero-order chi connectivity index (χ0) is 13.5. The highest BCUT2D eigenvalue weighted by Crippen LogP contribution is 2.38. The third-order valence-corrected chi connectivity index (χ3v) is 2.13. The second-order valence-corrected chi connectivity index (χ2v) is 3.56. The number of rotatable bonds is 7. The van der Waals surface area contributed by atoms with Crippen LogP contribution in [0.15, 0.2) is 0 Å². The first kappa shape index (κ1) is 16.1. The molecule has 0 aliphatic carbocycles. The lowest BCUT2D eigenvalue weighted by Crippen LogP contribution is -2.36. The van der Waals surface area contributed by atoms with E-state index in [4.69, 9.17) is 10.00 Å². The minimum absolute atomic E-state index is 0.0139. The highest BCUT2D eigenvalue weighted by Gasteiger charge is 2.56. The summed E-state index contributed by atoms with van der Waals surface area (Å²) in [6.45, 7) is 1.73. The Hall–Kier alpha value is -0.900. The summed E-state index contributed by atoms with van der Waals surface area (Å²) in [7, 11) is 0. The molecular weight excluding hydrogens is 245 g/mol. The Kier molecular flexibility index (Phi) is 6.39. The largest absolute Gasteiger partial charge is 0.453 e. The fourth-order valence-corrected chi connectivity index (χ4v) is 1.06. The molecule has 1 atom stereocenters. The molecule has 0 spiro atoms. The van der Waals surface area contributed by atoms with E-state index in [9.17, 15) is 22.0 Å². The number of hydrogen-bond donors (Lipinski definition) is 0. The molecule has 7 heteroatoms. The van der Waals surface area contributed by atoms with Crippen LogP contribution in [0.25, 0.3) is 0 Å². The molecular formula is C10H14F5NO. The number of alkyl halides is 5. The Morgan fingerprint density at radius 3 is 2.18 bits per heavy atom. The monoisotopic (exact) mass is 259 g/mol. The van der Waals surface area contributed by atoms with E-state index in [2.05, 4.69) is 0 Å². The fourth-order valence-electron chi connectivity index (χ4n) is 1.06. The van der Waals surface area contributed by atoms with Crippen molar-refractivity contribution in [3.63, 3.8) is 0 Å². The molecule has 0 N–H and O–H groups in total. The van der Waals surface area contributed by atoms with Gasteiger partial charge in [-0.1, -0.05) is 6.92 Å². The van der Waals surface area contributed by atoms with E-state index in [0.29, 0.717) is 6.42 Å². The van der Waals surface area contributed by atoms with E-state index < -0.39 is 24.6 Å². The predicted molar refractivity (Wildman–Crippen MR) is 50.5 cm³/mol. The molecule has 0 amide bonds. The minimum Gasteiger partial charge on any atom is -0.363 e. The van der Waals surface area contributed by atoms with Crippen molar-refractivity contribution >= 4 is 0 Å². The first-order chi connectivity index (χ1) is 7.74. The van der Waals surface area contributed by atoms with Gasteiger partial charge in [0.25, 0.3) is 0 Å². The highest BCUT2D eigenvalue weighted by molar-refractivity contribution is 4.82. The molecule has 0 bridgehead atoms. The van der Waals surface area contributed by atoms with Gasteiger partial charge in [-0.05, 0) is 19.3 Å². The van der Waals surface area contributed by atoms with Gasteiger partial charge in [-0.25, -0.2) is 0 Å². The maximum Gasteiger partial charge on any atom is 0.453 e. The molecule has 0 aromatic rings. The van der Waals surface area contributed by atoms with Gasteiger partial charge in [0.05, 0.1) is 6.07 Å². The first-order valence-electron chi connectivity index (χ1n) is 5.20. The van der Waals surface area contributed by atoms with Crippen LogP contribution in [-0.2, 0) is 4.74 Å². The third kappa shape index (κ3) is 5.82. The van der Waals surface area contributed by atoms with Crippen molar-refractivity contribution in [2.45, 2.75) is 50.8 Å². The quantitative estimate of drug-likeness (QED) is 0.516. The number of ether oxygens (including phenoxy) is 1. The molecule has 1 unspecified atom stereocenters. The first-order valence-corrected chi connectivity index (χ1v) is 5.20. The van der Waals surface area contributed by atoms with E-state index >= 15 is 0 Å². The Balaban J connectivity index is 3.76. The Labute approximate surface area is 96.4 Å². The molecule has 0 saturated carbocycles. The number of nitriles is 1. The van der Waals surface area contributed by atoms with Crippen LogP contribution in [-0.4, -0.2) is 24.8 Å². The van der Waals surface area contributed by atoms with E-state index in [1.807, 2.05) is 6.07 Å². The molecule has 100 valence electrons. The Morgan fingerprint density at radius 2 is 1.76 bits per heavy atom. The summed E-state index contributed by atoms with van der Waals surface area (Å²) in [5, 5.41) is 8.47. The van der Waals surface area contributed by atoms with Gasteiger partial charge in [-0.15, -0.1) is 0 Å². The van der Waals surface area contributed by atoms with Crippen LogP contribution >= 0.6 is 0 Å². The van der Waals surface area contributed by atoms with Crippen LogP contribution in [0.5, 0.6) is 0 Å². The second-order valence-electron chi connectivity index (χ2n) is 3.56. The van der Waals surface area contributed by atoms with Gasteiger partial charge in [0.2, 0.25) is 0 Å². The molecule has 0 aromatic heterocycles. The highest BCUT2D eigenvalue weighted by atomic mass is 19.4. The molecule has 0 rings (SSSR count). The van der Waals surface area contributed by atoms with Gasteiger partial charge in [-0.3, -0.25) is 0 Å². The van der Waals surface area contributed by atoms with Gasteiger partial charge < -0.3 is 4.74 Å². The van der Waals surface area contributed by atoms with Gasteiger partial charge in [-0.2, -0.15) is 27.2 Å². The molecule has 0 saturated heterocycles. The lowest BCUT2D eigenvalue weighted by atomic mass is 10.1. The van der Waals surface area contributed by atoms with E-state index in [-0.39, 0.29) is 19.4 Å². The van der Waals surface area contributed by atoms with Crippen molar-refractivity contribution in [3.05, 3.63) is 0 Å². The molecule has 17 heavy (non-hydrogen) atoms. The van der Waals surface area contributed by atoms with Gasteiger partial charge in [0.1, 0.15) is 6.10 Å². The molecule has 0 fully saturated rings. The smallest absolute Gasteiger partial charge is 0.363 e. The summed E-state index contributed by atoms with van der Waals surface area (Å²) in [6.07, 6.45) is -7.14. The molecule has 0 heterocycles. The normalized spacial score (nSPS) is 14.4. The number of hydrogen-bond acceptors (Lipinski definition) is 2. The van der Waals surface area contributed by atoms with E-state index in [0.717, 1.165) is 0 Å². The maximum absolute atomic E-state index is 12.4. The SMILES string of the molecule is CCC(C#N)OCCCCC(F)(F)C(F)(F)F. The fraction of sp³-hybridized carbons (Fsp3) is 0.900. The van der Waals surface area contributed by atoms with Crippen LogP contribution in [0.4, 0.5) is 22.0 Å². The van der Waals surface area contributed by atoms with Crippen LogP contribution < -0.4 is 0 Å². The lowest BCUT2D eigenvalue weighted by molar-refractivity contribution is -0.284. The summed E-state index contributed by atoms with van der Waals surface area (Å²) in [5.41, 5.74) is 0. The molecule has 2 nitrogen and oxygen atoms in total. The van der Waals surface area contributed by atoms with E-state index in [1.54, 1.807) is 6.92 Å². The summed E-state index contributed by atoms with van der Waals surface area (Å²) >= 11 is 0. The van der Waals surface area contributed by atoms with Crippen LogP contribution in [0.2, 0.25) is 0 Å². The van der Waals surface area contributed by atoms with Crippen LogP contribution in [0.1, 0.15) is 32.6 Å². The van der Waals surface area contributed by atoms with Crippen LogP contribution in [0.3, 0.4) is 0 Å². The van der Waals surface area contributed by atoms with Crippen molar-refractivity contribution in [1.29, 1.82) is 5.26 Å². The van der Waals surface area contributed by atoms with Crippen molar-refractivity contribution in [2.75, 3.05) is 6.61 Å². The minimum atomic E-state index is -5.49. The van der Waals surface area contributed by atoms with Gasteiger partial charge >= 0.3 is 12.1 Å². The summed E-state index contributed by atoms with van der Waals surface area (Å²) in [4.78, 5) is 0. The number of unbranched alkanes of at least 4 members (excludes halogenated alkanes) is 1. The topological polar surface area (TPSA) is 33.0 Å². The summed E-state index contributed by atoms with van der Waals surface area (Å²) in [6, 6.07) is 1.83. The van der Waals surface area contributed by atoms with E-state index in [1.165, 1.54) is 0 Å². The Morgan fingerprint density at radius 1 is 1.18 bits per heavy atom. The Bertz CT molecular complexity index is 258. The predicted octanol–water partition coefficient (Wildman–Crippen LogP) is 3.67. The summed E-state index contributed by atoms with van der Waals surface area (Å²) < 4.78 is 65.1. The summed E-state index contributed by atoms with van der Waals surface area (Å²) in [5.74, 6) is -4.65. The number of halogens is 5. The zero-order valence-electron chi connectivity index (χ0n) is 9.36. The maximum atomic E-state index is 12.4. The van der Waals surface area contributed by atoms with Crippen molar-refractivity contribution in [1.82, 2.24) is 0 Å². The second kappa shape index (κ2) is 6.74. The van der Waals surface area contributed by atoms with Crippen molar-refractivity contribution in [2.24, 2.45) is 0 Å². The number of nitrogens with zero attached hydrogens (tertiary/aromatic N) is 1. The van der Waals surface area contributed by atoms with Gasteiger partial charge in [0, 0.05) is 13.0 Å². The standard InChI is InChI=1S/C10H14F5NO/c1-2-8(7-16)17-6-4-3-5-9(11,12)10(13,14)15/h8H,2-6H2,1H3. The molecule has 0 aromatic carbocycles. The van der Waals surface area contributed by atoms with Gasteiger partial charge in [0.15, 0.2) is 0 Å². The van der Waals surface area contributed by atoms with Crippen LogP contribution in [0, 0.1) is 11.3 Å². The molecule has 0 aliphatic rings. The third-order valence-electron chi connectivity index (χ3n) is 2.13. The zero-order valence-corrected chi connectivity index (χ0v) is 9.36. The van der Waals surface area contributed by atoms with Crippen molar-refractivity contribution < 1.29 is 26.7 Å².